The fourth-order valence-corrected chi connectivity index (χ4v) is 5.30. The SMILES string of the molecule is O=C(NCC1CCCO1)C1CCCN1C(=O)c1cccc(NS(=O)(=O)c2ccc(Cl)cc2)c1. The van der Waals surface area contributed by atoms with Crippen molar-refractivity contribution in [2.75, 3.05) is 24.4 Å². The lowest BCUT2D eigenvalue weighted by Gasteiger charge is -2.25. The Hall–Kier alpha value is -2.62. The lowest BCUT2D eigenvalue weighted by molar-refractivity contribution is -0.125. The quantitative estimate of drug-likeness (QED) is 0.619. The zero-order chi connectivity index (χ0) is 23.4. The van der Waals surface area contributed by atoms with Gasteiger partial charge in [-0.1, -0.05) is 17.7 Å². The number of nitrogens with zero attached hydrogens (tertiary/aromatic N) is 1. The molecule has 4 rings (SSSR count). The molecular formula is C23H26ClN3O5S. The maximum atomic E-state index is 13.2. The van der Waals surface area contributed by atoms with Crippen LogP contribution in [0.3, 0.4) is 0 Å². The maximum Gasteiger partial charge on any atom is 0.261 e. The maximum absolute atomic E-state index is 13.2. The van der Waals surface area contributed by atoms with E-state index in [1.54, 1.807) is 23.1 Å². The van der Waals surface area contributed by atoms with Crippen LogP contribution in [0, 0.1) is 0 Å². The molecule has 8 nitrogen and oxygen atoms in total. The summed E-state index contributed by atoms with van der Waals surface area (Å²) in [6, 6.07) is 11.5. The minimum Gasteiger partial charge on any atom is -0.376 e. The van der Waals surface area contributed by atoms with Gasteiger partial charge in [0.05, 0.1) is 11.0 Å². The Balaban J connectivity index is 1.44. The molecule has 2 heterocycles. The minimum atomic E-state index is -3.84. The number of amides is 2. The van der Waals surface area contributed by atoms with E-state index < -0.39 is 16.1 Å². The normalized spacial score (nSPS) is 20.6. The first-order valence-electron chi connectivity index (χ1n) is 10.9. The topological polar surface area (TPSA) is 105 Å². The van der Waals surface area contributed by atoms with E-state index in [0.717, 1.165) is 19.3 Å². The first kappa shape index (κ1) is 23.5. The highest BCUT2D eigenvalue weighted by molar-refractivity contribution is 7.92. The van der Waals surface area contributed by atoms with Crippen molar-refractivity contribution in [1.29, 1.82) is 0 Å². The number of carbonyl (C=O) groups is 2. The molecule has 0 saturated carbocycles. The van der Waals surface area contributed by atoms with E-state index in [9.17, 15) is 18.0 Å². The summed E-state index contributed by atoms with van der Waals surface area (Å²) in [6.45, 7) is 1.63. The Morgan fingerprint density at radius 2 is 1.88 bits per heavy atom. The van der Waals surface area contributed by atoms with Crippen LogP contribution in [0.5, 0.6) is 0 Å². The van der Waals surface area contributed by atoms with Crippen LogP contribution in [0.25, 0.3) is 0 Å². The average molecular weight is 492 g/mol. The van der Waals surface area contributed by atoms with Gasteiger partial charge in [0.1, 0.15) is 6.04 Å². The number of benzene rings is 2. The standard InChI is InChI=1S/C23H26ClN3O5S/c24-17-8-10-20(11-9-17)33(30,31)26-18-5-1-4-16(14-18)23(29)27-12-2-7-21(27)22(28)25-15-19-6-3-13-32-19/h1,4-5,8-11,14,19,21,26H,2-3,6-7,12-13,15H2,(H,25,28). The monoisotopic (exact) mass is 491 g/mol. The number of hydrogen-bond acceptors (Lipinski definition) is 5. The third kappa shape index (κ3) is 5.66. The summed E-state index contributed by atoms with van der Waals surface area (Å²) in [5.41, 5.74) is 0.569. The third-order valence-corrected chi connectivity index (χ3v) is 7.48. The number of ether oxygens (including phenoxy) is 1. The number of carbonyl (C=O) groups excluding carboxylic acids is 2. The first-order chi connectivity index (χ1) is 15.8. The molecule has 0 aromatic heterocycles. The summed E-state index contributed by atoms with van der Waals surface area (Å²) >= 11 is 5.83. The zero-order valence-corrected chi connectivity index (χ0v) is 19.6. The predicted molar refractivity (Wildman–Crippen MR) is 125 cm³/mol. The summed E-state index contributed by atoms with van der Waals surface area (Å²) in [7, 11) is -3.84. The van der Waals surface area contributed by atoms with E-state index in [4.69, 9.17) is 16.3 Å². The van der Waals surface area contributed by atoms with Gasteiger partial charge < -0.3 is 15.0 Å². The molecule has 2 amide bonds. The van der Waals surface area contributed by atoms with Gasteiger partial charge >= 0.3 is 0 Å². The fraction of sp³-hybridized carbons (Fsp3) is 0.391. The lowest BCUT2D eigenvalue weighted by Crippen LogP contribution is -2.47. The number of anilines is 1. The van der Waals surface area contributed by atoms with Gasteiger partial charge in [-0.3, -0.25) is 14.3 Å². The molecule has 2 saturated heterocycles. The van der Waals surface area contributed by atoms with E-state index in [1.807, 2.05) is 0 Å². The molecule has 0 bridgehead atoms. The number of rotatable bonds is 7. The van der Waals surface area contributed by atoms with Gasteiger partial charge in [0.2, 0.25) is 5.91 Å². The van der Waals surface area contributed by atoms with Crippen molar-refractivity contribution >= 4 is 39.1 Å². The second-order valence-corrected chi connectivity index (χ2v) is 10.3. The molecule has 0 aliphatic carbocycles. The van der Waals surface area contributed by atoms with E-state index >= 15 is 0 Å². The largest absolute Gasteiger partial charge is 0.376 e. The van der Waals surface area contributed by atoms with Crippen molar-refractivity contribution < 1.29 is 22.7 Å². The molecular weight excluding hydrogens is 466 g/mol. The van der Waals surface area contributed by atoms with E-state index in [1.165, 1.54) is 30.3 Å². The molecule has 0 radical (unpaired) electrons. The lowest BCUT2D eigenvalue weighted by atomic mass is 10.1. The van der Waals surface area contributed by atoms with Crippen molar-refractivity contribution in [3.63, 3.8) is 0 Å². The van der Waals surface area contributed by atoms with E-state index in [0.29, 0.717) is 36.7 Å². The van der Waals surface area contributed by atoms with Crippen LogP contribution in [0.1, 0.15) is 36.0 Å². The van der Waals surface area contributed by atoms with Crippen LogP contribution in [0.4, 0.5) is 5.69 Å². The molecule has 176 valence electrons. The molecule has 2 aliphatic heterocycles. The first-order valence-corrected chi connectivity index (χ1v) is 12.8. The second kappa shape index (κ2) is 10.1. The number of likely N-dealkylation sites (tertiary alicyclic amines) is 1. The van der Waals surface area contributed by atoms with Gasteiger partial charge in [-0.2, -0.15) is 0 Å². The minimum absolute atomic E-state index is 0.0323. The summed E-state index contributed by atoms with van der Waals surface area (Å²) in [5, 5.41) is 3.34. The van der Waals surface area contributed by atoms with Crippen LogP contribution in [0.2, 0.25) is 5.02 Å². The van der Waals surface area contributed by atoms with Crippen molar-refractivity contribution in [3.05, 3.63) is 59.1 Å². The van der Waals surface area contributed by atoms with Crippen LogP contribution >= 0.6 is 11.6 Å². The van der Waals surface area contributed by atoms with Crippen molar-refractivity contribution in [1.82, 2.24) is 10.2 Å². The highest BCUT2D eigenvalue weighted by Crippen LogP contribution is 2.24. The molecule has 10 heteroatoms. The average Bonchev–Trinajstić information content (AvgIpc) is 3.49. The van der Waals surface area contributed by atoms with E-state index in [2.05, 4.69) is 10.0 Å². The zero-order valence-electron chi connectivity index (χ0n) is 18.0. The molecule has 2 N–H and O–H groups in total. The van der Waals surface area contributed by atoms with Crippen LogP contribution < -0.4 is 10.0 Å². The number of nitrogens with one attached hydrogen (secondary N) is 2. The molecule has 2 aliphatic rings. The molecule has 2 atom stereocenters. The molecule has 2 fully saturated rings. The van der Waals surface area contributed by atoms with Crippen molar-refractivity contribution in [2.45, 2.75) is 42.7 Å². The smallest absolute Gasteiger partial charge is 0.261 e. The summed E-state index contributed by atoms with van der Waals surface area (Å²) in [4.78, 5) is 27.5. The molecule has 2 aromatic carbocycles. The van der Waals surface area contributed by atoms with E-state index in [-0.39, 0.29) is 28.5 Å². The molecule has 0 spiro atoms. The van der Waals surface area contributed by atoms with Crippen LogP contribution in [0.15, 0.2) is 53.4 Å². The number of hydrogen-bond donors (Lipinski definition) is 2. The molecule has 2 unspecified atom stereocenters. The van der Waals surface area contributed by atoms with Gasteiger partial charge in [0.15, 0.2) is 0 Å². The predicted octanol–water partition coefficient (Wildman–Crippen LogP) is 3.04. The molecule has 2 aromatic rings. The second-order valence-electron chi connectivity index (χ2n) is 8.18. The highest BCUT2D eigenvalue weighted by atomic mass is 35.5. The summed E-state index contributed by atoms with van der Waals surface area (Å²) in [5.74, 6) is -0.492. The Bertz CT molecular complexity index is 1120. The Morgan fingerprint density at radius 1 is 1.09 bits per heavy atom. The third-order valence-electron chi connectivity index (χ3n) is 5.83. The Morgan fingerprint density at radius 3 is 2.61 bits per heavy atom. The van der Waals surface area contributed by atoms with Crippen LogP contribution in [-0.2, 0) is 19.6 Å². The van der Waals surface area contributed by atoms with Gasteiger partial charge in [-0.05, 0) is 68.1 Å². The van der Waals surface area contributed by atoms with Gasteiger partial charge in [-0.15, -0.1) is 0 Å². The van der Waals surface area contributed by atoms with Gasteiger partial charge in [0, 0.05) is 36.0 Å². The van der Waals surface area contributed by atoms with Gasteiger partial charge in [0.25, 0.3) is 15.9 Å². The Labute approximate surface area is 198 Å². The van der Waals surface area contributed by atoms with Gasteiger partial charge in [-0.25, -0.2) is 8.42 Å². The Kier molecular flexibility index (Phi) is 7.21. The highest BCUT2D eigenvalue weighted by Gasteiger charge is 2.35. The summed E-state index contributed by atoms with van der Waals surface area (Å²) < 4.78 is 33.4. The number of sulfonamides is 1. The summed E-state index contributed by atoms with van der Waals surface area (Å²) in [6.07, 6.45) is 3.27. The fourth-order valence-electron chi connectivity index (χ4n) is 4.13. The van der Waals surface area contributed by atoms with Crippen molar-refractivity contribution in [3.8, 4) is 0 Å². The molecule has 33 heavy (non-hydrogen) atoms. The van der Waals surface area contributed by atoms with Crippen molar-refractivity contribution in [2.24, 2.45) is 0 Å². The van der Waals surface area contributed by atoms with Crippen LogP contribution in [-0.4, -0.2) is 57.0 Å². The number of halogens is 1.